The van der Waals surface area contributed by atoms with Gasteiger partial charge in [-0.3, -0.25) is 4.79 Å². The lowest BCUT2D eigenvalue weighted by Crippen LogP contribution is -2.47. The lowest BCUT2D eigenvalue weighted by atomic mass is 9.96. The standard InChI is InChI=1S/C22H29N5O2/c1-16(25-18-8-4-2-5-9-18)17-12-20(13-23)27(15-17)21(28)14-24-22(29)26-19-10-6-3-7-11-19/h2,4-5,8-9,17,19-20,25H,1,3,6-7,10-12,14-15H2,(H2,24,26,29). The van der Waals surface area contributed by atoms with Gasteiger partial charge in [0.05, 0.1) is 12.6 Å². The molecule has 2 unspecified atom stereocenters. The highest BCUT2D eigenvalue weighted by Crippen LogP contribution is 2.28. The Bertz CT molecular complexity index is 767. The van der Waals surface area contributed by atoms with Crippen LogP contribution in [0.3, 0.4) is 0 Å². The fraction of sp³-hybridized carbons (Fsp3) is 0.500. The van der Waals surface area contributed by atoms with Crippen molar-refractivity contribution in [2.75, 3.05) is 18.4 Å². The summed E-state index contributed by atoms with van der Waals surface area (Å²) in [5.41, 5.74) is 1.71. The van der Waals surface area contributed by atoms with Crippen LogP contribution in [0.1, 0.15) is 38.5 Å². The molecule has 7 nitrogen and oxygen atoms in total. The number of likely N-dealkylation sites (tertiary alicyclic amines) is 1. The summed E-state index contributed by atoms with van der Waals surface area (Å²) < 4.78 is 0. The van der Waals surface area contributed by atoms with Gasteiger partial charge in [-0.2, -0.15) is 5.26 Å². The van der Waals surface area contributed by atoms with E-state index in [-0.39, 0.29) is 30.4 Å². The van der Waals surface area contributed by atoms with E-state index in [2.05, 4.69) is 28.6 Å². The van der Waals surface area contributed by atoms with Crippen molar-refractivity contribution in [1.82, 2.24) is 15.5 Å². The number of anilines is 1. The number of carbonyl (C=O) groups is 2. The number of rotatable bonds is 6. The number of nitriles is 1. The van der Waals surface area contributed by atoms with Crippen LogP contribution < -0.4 is 16.0 Å². The lowest BCUT2D eigenvalue weighted by molar-refractivity contribution is -0.130. The Labute approximate surface area is 172 Å². The Morgan fingerprint density at radius 2 is 1.90 bits per heavy atom. The van der Waals surface area contributed by atoms with Crippen LogP contribution >= 0.6 is 0 Å². The maximum atomic E-state index is 12.6. The zero-order valence-corrected chi connectivity index (χ0v) is 16.7. The molecule has 2 aliphatic rings. The smallest absolute Gasteiger partial charge is 0.315 e. The molecule has 1 saturated heterocycles. The normalized spacial score (nSPS) is 21.8. The van der Waals surface area contributed by atoms with Crippen LogP contribution in [0.15, 0.2) is 42.6 Å². The van der Waals surface area contributed by atoms with Gasteiger partial charge in [0.2, 0.25) is 5.91 Å². The molecule has 1 aromatic rings. The molecular weight excluding hydrogens is 366 g/mol. The van der Waals surface area contributed by atoms with Crippen molar-refractivity contribution < 1.29 is 9.59 Å². The first-order valence-corrected chi connectivity index (χ1v) is 10.3. The molecule has 3 rings (SSSR count). The summed E-state index contributed by atoms with van der Waals surface area (Å²) in [4.78, 5) is 26.2. The molecule has 29 heavy (non-hydrogen) atoms. The molecule has 7 heteroatoms. The third-order valence-corrected chi connectivity index (χ3v) is 5.68. The Kier molecular flexibility index (Phi) is 7.12. The van der Waals surface area contributed by atoms with E-state index in [1.807, 2.05) is 30.3 Å². The van der Waals surface area contributed by atoms with Crippen molar-refractivity contribution >= 4 is 17.6 Å². The highest BCUT2D eigenvalue weighted by Gasteiger charge is 2.36. The number of benzene rings is 1. The van der Waals surface area contributed by atoms with Gasteiger partial charge in [0.25, 0.3) is 0 Å². The van der Waals surface area contributed by atoms with Gasteiger partial charge in [-0.05, 0) is 31.4 Å². The van der Waals surface area contributed by atoms with Gasteiger partial charge in [-0.1, -0.05) is 44.0 Å². The van der Waals surface area contributed by atoms with Gasteiger partial charge in [0, 0.05) is 29.9 Å². The predicted octanol–water partition coefficient (Wildman–Crippen LogP) is 2.98. The van der Waals surface area contributed by atoms with E-state index < -0.39 is 6.04 Å². The number of hydrogen-bond donors (Lipinski definition) is 3. The van der Waals surface area contributed by atoms with Crippen LogP contribution in [0, 0.1) is 17.2 Å². The van der Waals surface area contributed by atoms with E-state index in [1.54, 1.807) is 4.90 Å². The predicted molar refractivity (Wildman–Crippen MR) is 112 cm³/mol. The molecule has 2 fully saturated rings. The fourth-order valence-corrected chi connectivity index (χ4v) is 4.04. The third-order valence-electron chi connectivity index (χ3n) is 5.68. The van der Waals surface area contributed by atoms with Gasteiger partial charge < -0.3 is 20.9 Å². The van der Waals surface area contributed by atoms with E-state index in [0.717, 1.165) is 37.1 Å². The molecule has 1 heterocycles. The molecule has 3 N–H and O–H groups in total. The largest absolute Gasteiger partial charge is 0.359 e. The van der Waals surface area contributed by atoms with Gasteiger partial charge in [0.15, 0.2) is 0 Å². The van der Waals surface area contributed by atoms with Crippen LogP contribution in [0.4, 0.5) is 10.5 Å². The highest BCUT2D eigenvalue weighted by molar-refractivity contribution is 5.84. The Hall–Kier alpha value is -3.01. The number of urea groups is 1. The van der Waals surface area contributed by atoms with E-state index >= 15 is 0 Å². The second kappa shape index (κ2) is 9.97. The SMILES string of the molecule is C=C(Nc1ccccc1)C1CC(C#N)N(C(=O)CNC(=O)NC2CCCCC2)C1. The van der Waals surface area contributed by atoms with Gasteiger partial charge in [-0.25, -0.2) is 4.79 Å². The summed E-state index contributed by atoms with van der Waals surface area (Å²) in [5.74, 6) is -0.259. The molecule has 1 aliphatic carbocycles. The van der Waals surface area contributed by atoms with Crippen molar-refractivity contribution in [3.8, 4) is 6.07 Å². The van der Waals surface area contributed by atoms with Crippen LogP contribution in [-0.4, -0.2) is 42.0 Å². The second-order valence-corrected chi connectivity index (χ2v) is 7.80. The summed E-state index contributed by atoms with van der Waals surface area (Å²) >= 11 is 0. The Morgan fingerprint density at radius 1 is 1.17 bits per heavy atom. The first kappa shape index (κ1) is 20.7. The molecule has 1 saturated carbocycles. The van der Waals surface area contributed by atoms with Crippen molar-refractivity contribution in [2.45, 2.75) is 50.6 Å². The molecule has 0 aromatic heterocycles. The van der Waals surface area contributed by atoms with Gasteiger partial charge >= 0.3 is 6.03 Å². The molecular formula is C22H29N5O2. The summed E-state index contributed by atoms with van der Waals surface area (Å²) in [6.07, 6.45) is 5.99. The number of hydrogen-bond acceptors (Lipinski definition) is 4. The van der Waals surface area contributed by atoms with Crippen LogP contribution in [0.2, 0.25) is 0 Å². The Morgan fingerprint density at radius 3 is 2.59 bits per heavy atom. The number of amides is 3. The average Bonchev–Trinajstić information content (AvgIpc) is 3.18. The van der Waals surface area contributed by atoms with Crippen LogP contribution in [0.5, 0.6) is 0 Å². The van der Waals surface area contributed by atoms with Crippen molar-refractivity contribution in [3.05, 3.63) is 42.6 Å². The zero-order valence-electron chi connectivity index (χ0n) is 16.7. The molecule has 154 valence electrons. The minimum Gasteiger partial charge on any atom is -0.359 e. The monoisotopic (exact) mass is 395 g/mol. The summed E-state index contributed by atoms with van der Waals surface area (Å²) in [6, 6.07) is 11.3. The van der Waals surface area contributed by atoms with Crippen LogP contribution in [-0.2, 0) is 4.79 Å². The Balaban J connectivity index is 1.48. The molecule has 1 aliphatic heterocycles. The first-order chi connectivity index (χ1) is 14.1. The second-order valence-electron chi connectivity index (χ2n) is 7.80. The third kappa shape index (κ3) is 5.74. The van der Waals surface area contributed by atoms with Crippen molar-refractivity contribution in [1.29, 1.82) is 5.26 Å². The van der Waals surface area contributed by atoms with Gasteiger partial charge in [0.1, 0.15) is 6.04 Å². The van der Waals surface area contributed by atoms with E-state index in [4.69, 9.17) is 0 Å². The quantitative estimate of drug-likeness (QED) is 0.690. The number of nitrogens with zero attached hydrogens (tertiary/aromatic N) is 2. The lowest BCUT2D eigenvalue weighted by Gasteiger charge is -2.24. The molecule has 3 amide bonds. The van der Waals surface area contributed by atoms with E-state index in [0.29, 0.717) is 13.0 Å². The molecule has 1 aromatic carbocycles. The maximum absolute atomic E-state index is 12.6. The number of carbonyl (C=O) groups excluding carboxylic acids is 2. The number of nitrogens with one attached hydrogen (secondary N) is 3. The summed E-state index contributed by atoms with van der Waals surface area (Å²) in [5, 5.41) is 18.3. The molecule has 0 bridgehead atoms. The van der Waals surface area contributed by atoms with E-state index in [9.17, 15) is 14.9 Å². The van der Waals surface area contributed by atoms with Gasteiger partial charge in [-0.15, -0.1) is 0 Å². The molecule has 2 atom stereocenters. The molecule has 0 spiro atoms. The highest BCUT2D eigenvalue weighted by atomic mass is 16.2. The summed E-state index contributed by atoms with van der Waals surface area (Å²) in [6.45, 7) is 4.40. The maximum Gasteiger partial charge on any atom is 0.315 e. The van der Waals surface area contributed by atoms with E-state index in [1.165, 1.54) is 6.42 Å². The average molecular weight is 396 g/mol. The van der Waals surface area contributed by atoms with Crippen molar-refractivity contribution in [3.63, 3.8) is 0 Å². The summed E-state index contributed by atoms with van der Waals surface area (Å²) in [7, 11) is 0. The minimum absolute atomic E-state index is 0.0140. The fourth-order valence-electron chi connectivity index (χ4n) is 4.04. The molecule has 0 radical (unpaired) electrons. The topological polar surface area (TPSA) is 97.3 Å². The zero-order chi connectivity index (χ0) is 20.6. The first-order valence-electron chi connectivity index (χ1n) is 10.3. The number of para-hydroxylation sites is 1. The van der Waals surface area contributed by atoms with Crippen LogP contribution in [0.25, 0.3) is 0 Å². The van der Waals surface area contributed by atoms with Crippen molar-refractivity contribution in [2.24, 2.45) is 5.92 Å². The minimum atomic E-state index is -0.509.